The van der Waals surface area contributed by atoms with E-state index >= 15 is 0 Å². The van der Waals surface area contributed by atoms with E-state index in [4.69, 9.17) is 0 Å². The Balaban J connectivity index is 1.47. The molecule has 0 fully saturated rings. The van der Waals surface area contributed by atoms with Crippen molar-refractivity contribution in [2.75, 3.05) is 18.4 Å². The van der Waals surface area contributed by atoms with Gasteiger partial charge >= 0.3 is 6.18 Å². The maximum atomic E-state index is 12.7. The van der Waals surface area contributed by atoms with Crippen molar-refractivity contribution in [3.63, 3.8) is 0 Å². The van der Waals surface area contributed by atoms with E-state index in [1.807, 2.05) is 30.5 Å². The number of benzene rings is 2. The number of aromatic nitrogens is 1. The summed E-state index contributed by atoms with van der Waals surface area (Å²) in [6, 6.07) is 12.5. The molecule has 0 saturated carbocycles. The number of hydrogen-bond acceptors (Lipinski definition) is 2. The molecule has 0 spiro atoms. The molecule has 3 N–H and O–H groups in total. The van der Waals surface area contributed by atoms with Crippen molar-refractivity contribution in [1.29, 1.82) is 0 Å². The quantitative estimate of drug-likeness (QED) is 0.582. The smallest absolute Gasteiger partial charge is 0.361 e. The normalized spacial score (nSPS) is 11.7. The average Bonchev–Trinajstić information content (AvgIpc) is 3.01. The zero-order valence-electron chi connectivity index (χ0n) is 13.9. The van der Waals surface area contributed by atoms with Crippen molar-refractivity contribution >= 4 is 22.5 Å². The number of anilines is 1. The van der Waals surface area contributed by atoms with Crippen molar-refractivity contribution in [2.45, 2.75) is 12.6 Å². The van der Waals surface area contributed by atoms with Crippen LogP contribution in [0.2, 0.25) is 0 Å². The molecule has 1 heterocycles. The third-order valence-electron chi connectivity index (χ3n) is 4.01. The van der Waals surface area contributed by atoms with E-state index in [0.29, 0.717) is 6.54 Å². The summed E-state index contributed by atoms with van der Waals surface area (Å²) in [5, 5.41) is 6.62. The Morgan fingerprint density at radius 3 is 2.69 bits per heavy atom. The van der Waals surface area contributed by atoms with Gasteiger partial charge in [0.1, 0.15) is 0 Å². The summed E-state index contributed by atoms with van der Waals surface area (Å²) >= 11 is 0. The van der Waals surface area contributed by atoms with Crippen LogP contribution in [0.3, 0.4) is 0 Å². The summed E-state index contributed by atoms with van der Waals surface area (Å²) in [6.45, 7) is 0.608. The molecular weight excluding hydrogens is 343 g/mol. The van der Waals surface area contributed by atoms with E-state index in [0.717, 1.165) is 35.0 Å². The molecule has 2 aromatic carbocycles. The highest BCUT2D eigenvalue weighted by molar-refractivity contribution is 5.92. The fourth-order valence-electron chi connectivity index (χ4n) is 2.74. The molecule has 0 aliphatic heterocycles. The lowest BCUT2D eigenvalue weighted by molar-refractivity contribution is -0.137. The van der Waals surface area contributed by atoms with Crippen molar-refractivity contribution in [3.8, 4) is 0 Å². The first-order valence-corrected chi connectivity index (χ1v) is 8.16. The monoisotopic (exact) mass is 361 g/mol. The lowest BCUT2D eigenvalue weighted by Gasteiger charge is -2.10. The summed E-state index contributed by atoms with van der Waals surface area (Å²) in [5.41, 5.74) is 1.54. The van der Waals surface area contributed by atoms with Crippen LogP contribution in [-0.4, -0.2) is 24.0 Å². The number of aromatic amines is 1. The molecular formula is C19H18F3N3O. The van der Waals surface area contributed by atoms with Gasteiger partial charge in [-0.3, -0.25) is 4.79 Å². The maximum absolute atomic E-state index is 12.7. The Morgan fingerprint density at radius 1 is 1.08 bits per heavy atom. The number of H-pyrrole nitrogens is 1. The Bertz CT molecular complexity index is 902. The maximum Gasteiger partial charge on any atom is 0.416 e. The first-order valence-electron chi connectivity index (χ1n) is 8.16. The predicted octanol–water partition coefficient (Wildman–Crippen LogP) is 3.96. The van der Waals surface area contributed by atoms with Crippen LogP contribution in [0.25, 0.3) is 10.9 Å². The molecule has 26 heavy (non-hydrogen) atoms. The van der Waals surface area contributed by atoms with E-state index in [-0.39, 0.29) is 18.1 Å². The third kappa shape index (κ3) is 4.43. The molecule has 0 saturated heterocycles. The number of nitrogens with one attached hydrogen (secondary N) is 3. The van der Waals surface area contributed by atoms with Gasteiger partial charge < -0.3 is 15.6 Å². The number of halogens is 3. The minimum absolute atomic E-state index is 0.0264. The molecule has 4 nitrogen and oxygen atoms in total. The van der Waals surface area contributed by atoms with Crippen molar-refractivity contribution < 1.29 is 18.0 Å². The standard InChI is InChI=1S/C19H18F3N3O/c20-19(21,22)14-4-3-5-15(10-14)25-18(26)12-23-9-8-13-11-24-17-7-2-1-6-16(13)17/h1-7,10-11,23-24H,8-9,12H2,(H,25,26). The molecule has 7 heteroatoms. The second-order valence-corrected chi connectivity index (χ2v) is 5.91. The Labute approximate surface area is 148 Å². The van der Waals surface area contributed by atoms with Crippen LogP contribution < -0.4 is 10.6 Å². The predicted molar refractivity (Wildman–Crippen MR) is 94.9 cm³/mol. The van der Waals surface area contributed by atoms with Gasteiger partial charge in [0, 0.05) is 22.8 Å². The lowest BCUT2D eigenvalue weighted by atomic mass is 10.1. The second-order valence-electron chi connectivity index (χ2n) is 5.91. The van der Waals surface area contributed by atoms with Crippen LogP contribution in [0, 0.1) is 0 Å². The van der Waals surface area contributed by atoms with E-state index in [1.165, 1.54) is 12.1 Å². The van der Waals surface area contributed by atoms with Gasteiger partial charge in [0.05, 0.1) is 12.1 Å². The summed E-state index contributed by atoms with van der Waals surface area (Å²) in [7, 11) is 0. The highest BCUT2D eigenvalue weighted by Gasteiger charge is 2.30. The largest absolute Gasteiger partial charge is 0.416 e. The minimum Gasteiger partial charge on any atom is -0.361 e. The molecule has 3 rings (SSSR count). The fourth-order valence-corrected chi connectivity index (χ4v) is 2.74. The summed E-state index contributed by atoms with van der Waals surface area (Å²) < 4.78 is 38.0. The molecule has 0 radical (unpaired) electrons. The van der Waals surface area contributed by atoms with Gasteiger partial charge in [-0.1, -0.05) is 24.3 Å². The zero-order chi connectivity index (χ0) is 18.6. The molecule has 1 aromatic heterocycles. The first kappa shape index (κ1) is 18.0. The van der Waals surface area contributed by atoms with E-state index in [9.17, 15) is 18.0 Å². The van der Waals surface area contributed by atoms with Crippen LogP contribution in [0.15, 0.2) is 54.7 Å². The first-order chi connectivity index (χ1) is 12.4. The van der Waals surface area contributed by atoms with Gasteiger partial charge in [0.25, 0.3) is 0 Å². The summed E-state index contributed by atoms with van der Waals surface area (Å²) in [6.07, 6.45) is -1.76. The number of para-hydroxylation sites is 1. The van der Waals surface area contributed by atoms with Crippen LogP contribution in [-0.2, 0) is 17.4 Å². The zero-order valence-corrected chi connectivity index (χ0v) is 13.9. The van der Waals surface area contributed by atoms with E-state index in [2.05, 4.69) is 15.6 Å². The Kier molecular flexibility index (Phi) is 5.27. The van der Waals surface area contributed by atoms with Crippen LogP contribution in [0.4, 0.5) is 18.9 Å². The highest BCUT2D eigenvalue weighted by Crippen LogP contribution is 2.30. The van der Waals surface area contributed by atoms with Crippen molar-refractivity contribution in [3.05, 3.63) is 65.9 Å². The highest BCUT2D eigenvalue weighted by atomic mass is 19.4. The van der Waals surface area contributed by atoms with Gasteiger partial charge in [0.15, 0.2) is 0 Å². The topological polar surface area (TPSA) is 56.9 Å². The molecule has 0 aliphatic carbocycles. The van der Waals surface area contributed by atoms with Gasteiger partial charge in [-0.25, -0.2) is 0 Å². The second kappa shape index (κ2) is 7.61. The van der Waals surface area contributed by atoms with Gasteiger partial charge in [0.2, 0.25) is 5.91 Å². The number of carbonyl (C=O) groups is 1. The number of alkyl halides is 3. The van der Waals surface area contributed by atoms with E-state index < -0.39 is 11.7 Å². The number of rotatable bonds is 6. The summed E-state index contributed by atoms with van der Waals surface area (Å²) in [5.74, 6) is -0.386. The minimum atomic E-state index is -4.43. The number of carbonyl (C=O) groups excluding carboxylic acids is 1. The number of fused-ring (bicyclic) bond motifs is 1. The van der Waals surface area contributed by atoms with E-state index in [1.54, 1.807) is 0 Å². The van der Waals surface area contributed by atoms with Crippen molar-refractivity contribution in [2.24, 2.45) is 0 Å². The van der Waals surface area contributed by atoms with Crippen LogP contribution >= 0.6 is 0 Å². The fraction of sp³-hybridized carbons (Fsp3) is 0.211. The van der Waals surface area contributed by atoms with Crippen LogP contribution in [0.5, 0.6) is 0 Å². The number of amides is 1. The van der Waals surface area contributed by atoms with Gasteiger partial charge in [-0.15, -0.1) is 0 Å². The molecule has 1 amide bonds. The molecule has 0 atom stereocenters. The Hall–Kier alpha value is -2.80. The van der Waals surface area contributed by atoms with Crippen LogP contribution in [0.1, 0.15) is 11.1 Å². The van der Waals surface area contributed by atoms with Crippen molar-refractivity contribution in [1.82, 2.24) is 10.3 Å². The molecule has 0 aliphatic rings. The third-order valence-corrected chi connectivity index (χ3v) is 4.01. The van der Waals surface area contributed by atoms with Gasteiger partial charge in [-0.05, 0) is 42.8 Å². The summed E-state index contributed by atoms with van der Waals surface area (Å²) in [4.78, 5) is 15.1. The Morgan fingerprint density at radius 2 is 1.88 bits per heavy atom. The number of hydrogen-bond donors (Lipinski definition) is 3. The molecule has 0 bridgehead atoms. The molecule has 0 unspecified atom stereocenters. The molecule has 136 valence electrons. The van der Waals surface area contributed by atoms with Gasteiger partial charge in [-0.2, -0.15) is 13.2 Å². The lowest BCUT2D eigenvalue weighted by Crippen LogP contribution is -2.29. The SMILES string of the molecule is O=C(CNCCc1c[nH]c2ccccc12)Nc1cccc(C(F)(F)F)c1. The average molecular weight is 361 g/mol. The molecule has 3 aromatic rings.